The highest BCUT2D eigenvalue weighted by Crippen LogP contribution is 2.48. The summed E-state index contributed by atoms with van der Waals surface area (Å²) in [6.45, 7) is 1.95. The maximum Gasteiger partial charge on any atom is 0.335 e. The minimum absolute atomic E-state index is 0.0667. The Hall–Kier alpha value is -3.21. The number of anilines is 1. The van der Waals surface area contributed by atoms with E-state index < -0.39 is 21.1 Å². The molecular formula is C36H42ClN3O6S. The molecule has 0 bridgehead atoms. The highest BCUT2D eigenvalue weighted by molar-refractivity contribution is 7.91. The molecule has 1 aromatic heterocycles. The average Bonchev–Trinajstić information content (AvgIpc) is 3.22. The van der Waals surface area contributed by atoms with Crippen LogP contribution in [0.3, 0.4) is 0 Å². The number of halogens is 1. The Balaban J connectivity index is 1.16. The molecule has 2 aromatic carbocycles. The first-order chi connectivity index (χ1) is 22.7. The number of carbonyl (C=O) groups is 1. The molecule has 11 heteroatoms. The number of aromatic nitrogens is 2. The van der Waals surface area contributed by atoms with Gasteiger partial charge in [-0.3, -0.25) is 0 Å². The molecule has 0 saturated heterocycles. The summed E-state index contributed by atoms with van der Waals surface area (Å²) in [4.78, 5) is 22.6. The number of aromatic carboxylic acids is 1. The van der Waals surface area contributed by atoms with Crippen molar-refractivity contribution in [2.45, 2.75) is 79.7 Å². The van der Waals surface area contributed by atoms with Gasteiger partial charge in [-0.05, 0) is 117 Å². The van der Waals surface area contributed by atoms with Crippen molar-refractivity contribution in [1.29, 1.82) is 0 Å². The molecule has 3 aliphatic carbocycles. The minimum Gasteiger partial charge on any atom is -0.490 e. The van der Waals surface area contributed by atoms with Crippen LogP contribution in [0.4, 0.5) is 5.69 Å². The number of sulfone groups is 1. The second-order valence-corrected chi connectivity index (χ2v) is 16.5. The summed E-state index contributed by atoms with van der Waals surface area (Å²) < 4.78 is 39.7. The van der Waals surface area contributed by atoms with Crippen LogP contribution in [-0.4, -0.2) is 67.6 Å². The summed E-state index contributed by atoms with van der Waals surface area (Å²) in [6, 6.07) is 13.0. The van der Waals surface area contributed by atoms with Gasteiger partial charge in [0.15, 0.2) is 0 Å². The van der Waals surface area contributed by atoms with Crippen molar-refractivity contribution in [2.24, 2.45) is 17.8 Å². The van der Waals surface area contributed by atoms with E-state index in [0.29, 0.717) is 37.7 Å². The smallest absolute Gasteiger partial charge is 0.335 e. The predicted octanol–water partition coefficient (Wildman–Crippen LogP) is 6.38. The zero-order valence-electron chi connectivity index (χ0n) is 26.7. The van der Waals surface area contributed by atoms with Crippen LogP contribution in [0.5, 0.6) is 5.75 Å². The Labute approximate surface area is 281 Å². The average molecular weight is 680 g/mol. The zero-order valence-corrected chi connectivity index (χ0v) is 28.3. The standard InChI is InChI=1S/C36H42ClN3O6S/c1-45-33(24-5-2-7-28(18-24)47(43,44)35-38-15-4-16-39-35)29-11-8-26(29)20-40-21-36(14-3-6-23-17-27(37)10-12-30(23)36)22-46-32-13-9-25(34(41)42)19-31(32)40/h4,9-10,12-13,15-17,19,24,26,28-29,33H,2-3,5-8,11,14,18,20-22H2,1H3,(H,41,42)/t24-,26-,28+,29+,33+,36+/m0/s1. The number of methoxy groups -OCH3 is 1. The van der Waals surface area contributed by atoms with Gasteiger partial charge in [-0.15, -0.1) is 0 Å². The molecule has 1 spiro atoms. The first kappa shape index (κ1) is 32.3. The van der Waals surface area contributed by atoms with Crippen LogP contribution in [0.25, 0.3) is 0 Å². The van der Waals surface area contributed by atoms with Gasteiger partial charge in [0.05, 0.1) is 29.2 Å². The molecule has 0 unspecified atom stereocenters. The van der Waals surface area contributed by atoms with E-state index in [1.807, 2.05) is 6.07 Å². The third-order valence-corrected chi connectivity index (χ3v) is 13.5. The lowest BCUT2D eigenvalue weighted by Gasteiger charge is -2.48. The van der Waals surface area contributed by atoms with Crippen molar-refractivity contribution < 1.29 is 27.8 Å². The lowest BCUT2D eigenvalue weighted by atomic mass is 9.65. The number of rotatable bonds is 8. The number of hydrogen-bond donors (Lipinski definition) is 1. The fourth-order valence-electron chi connectivity index (χ4n) is 8.84. The maximum absolute atomic E-state index is 13.5. The monoisotopic (exact) mass is 679 g/mol. The van der Waals surface area contributed by atoms with Crippen LogP contribution in [0, 0.1) is 17.8 Å². The third kappa shape index (κ3) is 6.13. The van der Waals surface area contributed by atoms with Crippen LogP contribution in [0.2, 0.25) is 5.02 Å². The largest absolute Gasteiger partial charge is 0.490 e. The number of nitrogens with zero attached hydrogens (tertiary/aromatic N) is 3. The molecule has 2 heterocycles. The van der Waals surface area contributed by atoms with Gasteiger partial charge >= 0.3 is 5.97 Å². The summed E-state index contributed by atoms with van der Waals surface area (Å²) in [5, 5.41) is 10.0. The molecule has 6 atom stereocenters. The van der Waals surface area contributed by atoms with Crippen LogP contribution in [0.1, 0.15) is 72.9 Å². The highest BCUT2D eigenvalue weighted by Gasteiger charge is 2.47. The third-order valence-electron chi connectivity index (χ3n) is 11.3. The lowest BCUT2D eigenvalue weighted by molar-refractivity contribution is -0.0589. The van der Waals surface area contributed by atoms with Gasteiger partial charge in [-0.1, -0.05) is 24.1 Å². The van der Waals surface area contributed by atoms with E-state index >= 15 is 0 Å². The highest BCUT2D eigenvalue weighted by atomic mass is 35.5. The van der Waals surface area contributed by atoms with Crippen molar-refractivity contribution >= 4 is 33.1 Å². The number of carboxylic acids is 1. The van der Waals surface area contributed by atoms with Crippen molar-refractivity contribution in [2.75, 3.05) is 31.7 Å². The first-order valence-corrected chi connectivity index (χ1v) is 18.7. The molecule has 2 saturated carbocycles. The van der Waals surface area contributed by atoms with E-state index in [-0.39, 0.29) is 34.1 Å². The summed E-state index contributed by atoms with van der Waals surface area (Å²) in [7, 11) is -1.88. The number of fused-ring (bicyclic) bond motifs is 3. The van der Waals surface area contributed by atoms with Crippen molar-refractivity contribution in [3.8, 4) is 5.75 Å². The van der Waals surface area contributed by atoms with Gasteiger partial charge in [-0.25, -0.2) is 23.2 Å². The molecule has 7 rings (SSSR count). The van der Waals surface area contributed by atoms with E-state index in [4.69, 9.17) is 21.1 Å². The molecule has 0 radical (unpaired) electrons. The summed E-state index contributed by atoms with van der Waals surface area (Å²) in [5.74, 6) is 0.426. The molecule has 2 fully saturated rings. The van der Waals surface area contributed by atoms with E-state index in [1.165, 1.54) is 23.5 Å². The van der Waals surface area contributed by atoms with Gasteiger partial charge in [0, 0.05) is 43.0 Å². The fourth-order valence-corrected chi connectivity index (χ4v) is 10.7. The van der Waals surface area contributed by atoms with E-state index in [9.17, 15) is 18.3 Å². The van der Waals surface area contributed by atoms with Gasteiger partial charge in [-0.2, -0.15) is 0 Å². The van der Waals surface area contributed by atoms with E-state index in [0.717, 1.165) is 62.2 Å². The zero-order chi connectivity index (χ0) is 32.8. The predicted molar refractivity (Wildman–Crippen MR) is 179 cm³/mol. The molecule has 47 heavy (non-hydrogen) atoms. The molecule has 1 N–H and O–H groups in total. The second kappa shape index (κ2) is 13.0. The molecular weight excluding hydrogens is 638 g/mol. The molecule has 0 amide bonds. The quantitative estimate of drug-likeness (QED) is 0.271. The lowest BCUT2D eigenvalue weighted by Crippen LogP contribution is -2.51. The van der Waals surface area contributed by atoms with Gasteiger partial charge < -0.3 is 19.5 Å². The Kier molecular flexibility index (Phi) is 8.95. The Morgan fingerprint density at radius 1 is 1.13 bits per heavy atom. The van der Waals surface area contributed by atoms with Crippen molar-refractivity contribution in [3.05, 3.63) is 76.6 Å². The van der Waals surface area contributed by atoms with Gasteiger partial charge in [0.2, 0.25) is 15.0 Å². The number of benzene rings is 2. The van der Waals surface area contributed by atoms with Crippen molar-refractivity contribution in [1.82, 2.24) is 9.97 Å². The van der Waals surface area contributed by atoms with Crippen LogP contribution in [-0.2, 0) is 26.4 Å². The second-order valence-electron chi connectivity index (χ2n) is 13.9. The molecule has 3 aromatic rings. The maximum atomic E-state index is 13.5. The molecule has 250 valence electrons. The summed E-state index contributed by atoms with van der Waals surface area (Å²) in [6.07, 6.45) is 10.8. The Morgan fingerprint density at radius 2 is 1.96 bits per heavy atom. The Morgan fingerprint density at radius 3 is 2.70 bits per heavy atom. The summed E-state index contributed by atoms with van der Waals surface area (Å²) in [5.41, 5.74) is 3.31. The fraction of sp³-hybridized carbons (Fsp3) is 0.528. The Bertz CT molecular complexity index is 1740. The van der Waals surface area contributed by atoms with Crippen molar-refractivity contribution in [3.63, 3.8) is 0 Å². The van der Waals surface area contributed by atoms with Gasteiger partial charge in [0.25, 0.3) is 0 Å². The normalized spacial score (nSPS) is 27.9. The number of aryl methyl sites for hydroxylation is 1. The number of carboxylic acid groups (broad SMARTS) is 1. The minimum atomic E-state index is -3.64. The summed E-state index contributed by atoms with van der Waals surface area (Å²) >= 11 is 6.42. The molecule has 9 nitrogen and oxygen atoms in total. The molecule has 4 aliphatic rings. The van der Waals surface area contributed by atoms with E-state index in [1.54, 1.807) is 31.4 Å². The van der Waals surface area contributed by atoms with Crippen LogP contribution < -0.4 is 9.64 Å². The molecule has 1 aliphatic heterocycles. The first-order valence-electron chi connectivity index (χ1n) is 16.8. The number of ether oxygens (including phenoxy) is 2. The van der Waals surface area contributed by atoms with Crippen LogP contribution in [0.15, 0.2) is 60.0 Å². The topological polar surface area (TPSA) is 119 Å². The van der Waals surface area contributed by atoms with E-state index in [2.05, 4.69) is 27.0 Å². The number of hydrogen-bond acceptors (Lipinski definition) is 8. The SMILES string of the molecule is CO[C@H]([C@H]1CCC[C@@H](S(=O)(=O)c2ncccn2)C1)[C@@H]1CC[C@H]1CN1C[C@]2(CCCc3cc(Cl)ccc32)COc2ccc(C(=O)O)cc21. The van der Waals surface area contributed by atoms with Gasteiger partial charge in [0.1, 0.15) is 5.75 Å². The van der Waals surface area contributed by atoms with Crippen LogP contribution >= 0.6 is 11.6 Å².